The van der Waals surface area contributed by atoms with Gasteiger partial charge in [-0.2, -0.15) is 0 Å². The van der Waals surface area contributed by atoms with Gasteiger partial charge >= 0.3 is 0 Å². The van der Waals surface area contributed by atoms with Gasteiger partial charge in [-0.1, -0.05) is 18.2 Å². The second-order valence-corrected chi connectivity index (χ2v) is 9.26. The summed E-state index contributed by atoms with van der Waals surface area (Å²) in [5.41, 5.74) is 4.22. The van der Waals surface area contributed by atoms with E-state index in [0.717, 1.165) is 12.0 Å². The van der Waals surface area contributed by atoms with E-state index in [2.05, 4.69) is 22.9 Å². The molecule has 3 nitrogen and oxygen atoms in total. The van der Waals surface area contributed by atoms with E-state index < -0.39 is 0 Å². The van der Waals surface area contributed by atoms with Crippen LogP contribution in [0.4, 0.5) is 0 Å². The first-order valence-electron chi connectivity index (χ1n) is 9.54. The van der Waals surface area contributed by atoms with Crippen LogP contribution in [0, 0.1) is 13.8 Å². The Morgan fingerprint density at radius 3 is 2.64 bits per heavy atom. The zero-order valence-electron chi connectivity index (χ0n) is 16.1. The summed E-state index contributed by atoms with van der Waals surface area (Å²) in [7, 11) is 0. The molecule has 1 atom stereocenters. The van der Waals surface area contributed by atoms with Crippen molar-refractivity contribution in [2.24, 2.45) is 0 Å². The number of fused-ring (bicyclic) bond motifs is 1. The van der Waals surface area contributed by atoms with Gasteiger partial charge in [0.2, 0.25) is 5.91 Å². The van der Waals surface area contributed by atoms with Gasteiger partial charge in [-0.25, -0.2) is 0 Å². The first-order chi connectivity index (χ1) is 13.5. The molecule has 0 saturated heterocycles. The summed E-state index contributed by atoms with van der Waals surface area (Å²) in [4.78, 5) is 30.2. The van der Waals surface area contributed by atoms with Gasteiger partial charge < -0.3 is 4.90 Å². The van der Waals surface area contributed by atoms with Crippen molar-refractivity contribution >= 4 is 34.4 Å². The van der Waals surface area contributed by atoms with Crippen LogP contribution in [-0.2, 0) is 11.2 Å². The van der Waals surface area contributed by atoms with Crippen LogP contribution in [0.2, 0.25) is 0 Å². The highest BCUT2D eigenvalue weighted by molar-refractivity contribution is 7.10. The summed E-state index contributed by atoms with van der Waals surface area (Å²) >= 11 is 3.46. The van der Waals surface area contributed by atoms with E-state index >= 15 is 0 Å². The van der Waals surface area contributed by atoms with Crippen molar-refractivity contribution in [3.8, 4) is 0 Å². The monoisotopic (exact) mass is 409 g/mol. The van der Waals surface area contributed by atoms with E-state index in [1.165, 1.54) is 20.9 Å². The minimum atomic E-state index is -0.0146. The normalized spacial score (nSPS) is 16.1. The SMILES string of the molecule is Cc1ccc(C(=O)CCC(=O)N2CCc3sccc3C2c2cccs2)cc1C. The van der Waals surface area contributed by atoms with Gasteiger partial charge in [0.15, 0.2) is 5.78 Å². The molecule has 0 spiro atoms. The summed E-state index contributed by atoms with van der Waals surface area (Å²) in [6.07, 6.45) is 1.41. The van der Waals surface area contributed by atoms with Gasteiger partial charge in [0.05, 0.1) is 6.04 Å². The Morgan fingerprint density at radius 1 is 1.04 bits per heavy atom. The molecule has 0 saturated carbocycles. The number of rotatable bonds is 5. The number of thiophene rings is 2. The highest BCUT2D eigenvalue weighted by Crippen LogP contribution is 2.39. The molecule has 0 N–H and O–H groups in total. The highest BCUT2D eigenvalue weighted by atomic mass is 32.1. The number of carbonyl (C=O) groups is 2. The van der Waals surface area contributed by atoms with Crippen molar-refractivity contribution < 1.29 is 9.59 Å². The van der Waals surface area contributed by atoms with E-state index in [1.807, 2.05) is 43.0 Å². The molecule has 144 valence electrons. The average molecular weight is 410 g/mol. The summed E-state index contributed by atoms with van der Waals surface area (Å²) in [6.45, 7) is 4.76. The van der Waals surface area contributed by atoms with Gasteiger partial charge in [0.1, 0.15) is 0 Å². The van der Waals surface area contributed by atoms with E-state index in [1.54, 1.807) is 22.7 Å². The molecule has 0 bridgehead atoms. The number of hydrogen-bond donors (Lipinski definition) is 0. The number of Topliss-reactive ketones (excluding diaryl/α,β-unsaturated/α-hetero) is 1. The maximum Gasteiger partial charge on any atom is 0.223 e. The zero-order valence-corrected chi connectivity index (χ0v) is 17.7. The lowest BCUT2D eigenvalue weighted by Gasteiger charge is -2.35. The number of carbonyl (C=O) groups excluding carboxylic acids is 2. The second-order valence-electron chi connectivity index (χ2n) is 7.28. The van der Waals surface area contributed by atoms with Crippen molar-refractivity contribution in [3.63, 3.8) is 0 Å². The zero-order chi connectivity index (χ0) is 19.7. The minimum Gasteiger partial charge on any atom is -0.330 e. The molecule has 1 aromatic carbocycles. The minimum absolute atomic E-state index is 0.0146. The lowest BCUT2D eigenvalue weighted by Crippen LogP contribution is -2.39. The van der Waals surface area contributed by atoms with Crippen molar-refractivity contribution in [3.05, 3.63) is 79.2 Å². The molecule has 3 aromatic rings. The smallest absolute Gasteiger partial charge is 0.223 e. The fraction of sp³-hybridized carbons (Fsp3) is 0.304. The summed E-state index contributed by atoms with van der Waals surface area (Å²) in [5.74, 6) is 0.102. The summed E-state index contributed by atoms with van der Waals surface area (Å²) < 4.78 is 0. The maximum atomic E-state index is 13.1. The van der Waals surface area contributed by atoms with Crippen molar-refractivity contribution in [2.45, 2.75) is 39.2 Å². The number of ketones is 1. The van der Waals surface area contributed by atoms with E-state index in [4.69, 9.17) is 0 Å². The van der Waals surface area contributed by atoms with Crippen molar-refractivity contribution in [1.29, 1.82) is 0 Å². The molecule has 2 aromatic heterocycles. The van der Waals surface area contributed by atoms with E-state index in [9.17, 15) is 9.59 Å². The van der Waals surface area contributed by atoms with Crippen LogP contribution >= 0.6 is 22.7 Å². The number of benzene rings is 1. The van der Waals surface area contributed by atoms with Gasteiger partial charge in [-0.05, 0) is 65.9 Å². The molecule has 28 heavy (non-hydrogen) atoms. The van der Waals surface area contributed by atoms with Crippen LogP contribution in [0.5, 0.6) is 0 Å². The summed E-state index contributed by atoms with van der Waals surface area (Å²) in [6, 6.07) is 12.0. The predicted molar refractivity (Wildman–Crippen MR) is 115 cm³/mol. The maximum absolute atomic E-state index is 13.1. The molecule has 0 radical (unpaired) electrons. The quantitative estimate of drug-likeness (QED) is 0.517. The Kier molecular flexibility index (Phi) is 5.47. The van der Waals surface area contributed by atoms with Gasteiger partial charge in [0.25, 0.3) is 0 Å². The Labute approximate surface area is 173 Å². The highest BCUT2D eigenvalue weighted by Gasteiger charge is 2.33. The third-order valence-corrected chi connectivity index (χ3v) is 7.41. The molecule has 3 heterocycles. The predicted octanol–water partition coefficient (Wildman–Crippen LogP) is 5.56. The first-order valence-corrected chi connectivity index (χ1v) is 11.3. The first kappa shape index (κ1) is 19.1. The van der Waals surface area contributed by atoms with Crippen LogP contribution in [0.3, 0.4) is 0 Å². The molecular formula is C23H23NO2S2. The largest absolute Gasteiger partial charge is 0.330 e. The molecule has 1 aliphatic heterocycles. The molecule has 0 fully saturated rings. The molecule has 4 rings (SSSR count). The molecular weight excluding hydrogens is 386 g/mol. The topological polar surface area (TPSA) is 37.4 Å². The number of nitrogens with zero attached hydrogens (tertiary/aromatic N) is 1. The lowest BCUT2D eigenvalue weighted by molar-refractivity contribution is -0.133. The standard InChI is InChI=1S/C23H23NO2S2/c1-15-5-6-17(14-16(15)2)19(25)7-8-22(26)24-11-9-20-18(10-13-28-20)23(24)21-4-3-12-27-21/h3-6,10,12-14,23H,7-9,11H2,1-2H3. The fourth-order valence-electron chi connectivity index (χ4n) is 3.76. The fourth-order valence-corrected chi connectivity index (χ4v) is 5.52. The van der Waals surface area contributed by atoms with Gasteiger partial charge in [0, 0.05) is 34.7 Å². The summed E-state index contributed by atoms with van der Waals surface area (Å²) in [5, 5.41) is 4.17. The number of amides is 1. The van der Waals surface area contributed by atoms with E-state index in [0.29, 0.717) is 12.1 Å². The third kappa shape index (κ3) is 3.69. The van der Waals surface area contributed by atoms with Crippen molar-refractivity contribution in [2.75, 3.05) is 6.54 Å². The van der Waals surface area contributed by atoms with E-state index in [-0.39, 0.29) is 30.6 Å². The molecule has 5 heteroatoms. The Morgan fingerprint density at radius 2 is 1.89 bits per heavy atom. The Hall–Kier alpha value is -2.24. The molecule has 1 aliphatic rings. The van der Waals surface area contributed by atoms with Crippen molar-refractivity contribution in [1.82, 2.24) is 4.90 Å². The average Bonchev–Trinajstić information content (AvgIpc) is 3.38. The Balaban J connectivity index is 1.49. The van der Waals surface area contributed by atoms with Crippen LogP contribution in [-0.4, -0.2) is 23.1 Å². The molecule has 0 aliphatic carbocycles. The second kappa shape index (κ2) is 8.02. The lowest BCUT2D eigenvalue weighted by atomic mass is 9.97. The number of aryl methyl sites for hydroxylation is 2. The molecule has 1 amide bonds. The Bertz CT molecular complexity index is 1000. The van der Waals surface area contributed by atoms with Crippen LogP contribution < -0.4 is 0 Å². The third-order valence-electron chi connectivity index (χ3n) is 5.49. The van der Waals surface area contributed by atoms with Crippen LogP contribution in [0.25, 0.3) is 0 Å². The van der Waals surface area contributed by atoms with Crippen LogP contribution in [0.15, 0.2) is 47.2 Å². The van der Waals surface area contributed by atoms with Gasteiger partial charge in [-0.3, -0.25) is 9.59 Å². The van der Waals surface area contributed by atoms with Crippen LogP contribution in [0.1, 0.15) is 55.7 Å². The molecule has 1 unspecified atom stereocenters. The van der Waals surface area contributed by atoms with Gasteiger partial charge in [-0.15, -0.1) is 22.7 Å². The number of hydrogen-bond acceptors (Lipinski definition) is 4.